The number of aliphatic hydroxyl groups excluding tert-OH is 1. The van der Waals surface area contributed by atoms with Crippen molar-refractivity contribution < 1.29 is 50.1 Å². The molecule has 319 valence electrons. The molecule has 10 aromatic rings. The van der Waals surface area contributed by atoms with E-state index >= 15 is 0 Å². The first-order chi connectivity index (χ1) is 30.4. The molecule has 0 amide bonds. The van der Waals surface area contributed by atoms with Gasteiger partial charge in [0.15, 0.2) is 5.78 Å². The van der Waals surface area contributed by atoms with Gasteiger partial charge in [0.25, 0.3) is 0 Å². The Morgan fingerprint density at radius 2 is 0.922 bits per heavy atom. The van der Waals surface area contributed by atoms with Crippen LogP contribution in [-0.4, -0.2) is 35.8 Å². The maximum atomic E-state index is 10.0. The number of allylic oxidation sites excluding steroid dienone is 2. The molecule has 0 fully saturated rings. The fourth-order valence-corrected chi connectivity index (χ4v) is 6.15. The van der Waals surface area contributed by atoms with E-state index in [1.54, 1.807) is 18.6 Å². The molecule has 4 heterocycles. The number of fused-ring (bicyclic) bond motifs is 6. The van der Waals surface area contributed by atoms with Crippen LogP contribution in [0, 0.1) is 31.2 Å². The van der Waals surface area contributed by atoms with Gasteiger partial charge in [-0.2, -0.15) is 0 Å². The van der Waals surface area contributed by atoms with E-state index in [4.69, 9.17) is 5.11 Å². The van der Waals surface area contributed by atoms with Crippen molar-refractivity contribution in [2.24, 2.45) is 0 Å². The van der Waals surface area contributed by atoms with Crippen LogP contribution in [0.4, 0.5) is 0 Å². The van der Waals surface area contributed by atoms with Gasteiger partial charge in [0.1, 0.15) is 0 Å². The molecule has 64 heavy (non-hydrogen) atoms. The van der Waals surface area contributed by atoms with Crippen LogP contribution in [0.1, 0.15) is 19.5 Å². The number of carbonyl (C=O) groups excluding carboxylic acids is 1. The number of carbonyl (C=O) groups is 1. The fraction of sp³-hybridized carbons (Fsp3) is 0.0545. The first kappa shape index (κ1) is 49.8. The van der Waals surface area contributed by atoms with E-state index in [9.17, 15) is 4.79 Å². The smallest absolute Gasteiger partial charge is 0.512 e. The zero-order chi connectivity index (χ0) is 43.4. The molecule has 0 aliphatic rings. The Balaban J connectivity index is 0.000000180. The summed E-state index contributed by atoms with van der Waals surface area (Å²) in [5, 5.41) is 13.0. The largest absolute Gasteiger partial charge is 3.00 e. The molecular formula is C55H43Ir2N5O2-. The summed E-state index contributed by atoms with van der Waals surface area (Å²) in [4.78, 5) is 31.9. The molecule has 0 saturated carbocycles. The summed E-state index contributed by atoms with van der Waals surface area (Å²) in [5.74, 6) is -0.0625. The Hall–Kier alpha value is -6.86. The van der Waals surface area contributed by atoms with Gasteiger partial charge in [-0.25, -0.2) is 0 Å². The second-order valence-electron chi connectivity index (χ2n) is 13.6. The average molecular weight is 1190 g/mol. The molecule has 4 aromatic heterocycles. The van der Waals surface area contributed by atoms with Gasteiger partial charge in [-0.05, 0) is 61.4 Å². The van der Waals surface area contributed by atoms with Crippen LogP contribution in [0.2, 0.25) is 0 Å². The third-order valence-electron chi connectivity index (χ3n) is 8.82. The van der Waals surface area contributed by atoms with E-state index in [1.165, 1.54) is 30.7 Å². The Morgan fingerprint density at radius 3 is 1.31 bits per heavy atom. The van der Waals surface area contributed by atoms with Crippen molar-refractivity contribution in [2.75, 3.05) is 0 Å². The topological polar surface area (TPSA) is 102 Å². The summed E-state index contributed by atoms with van der Waals surface area (Å²) in [6, 6.07) is 68.2. The van der Waals surface area contributed by atoms with Crippen LogP contribution in [0.25, 0.3) is 66.4 Å². The maximum Gasteiger partial charge on any atom is 3.00 e. The van der Waals surface area contributed by atoms with Crippen LogP contribution < -0.4 is 0 Å². The van der Waals surface area contributed by atoms with Crippen LogP contribution in [-0.2, 0) is 45.0 Å². The first-order valence-corrected chi connectivity index (χ1v) is 19.8. The molecular weight excluding hydrogens is 1150 g/mol. The predicted octanol–water partition coefficient (Wildman–Crippen LogP) is 12.7. The van der Waals surface area contributed by atoms with Crippen LogP contribution >= 0.6 is 0 Å². The van der Waals surface area contributed by atoms with E-state index in [-0.39, 0.29) is 51.8 Å². The molecule has 1 radical (unpaired) electrons. The van der Waals surface area contributed by atoms with Crippen LogP contribution in [0.5, 0.6) is 0 Å². The fourth-order valence-electron chi connectivity index (χ4n) is 6.15. The van der Waals surface area contributed by atoms with Gasteiger partial charge in [-0.15, -0.1) is 137 Å². The summed E-state index contributed by atoms with van der Waals surface area (Å²) >= 11 is 0. The van der Waals surface area contributed by atoms with Crippen molar-refractivity contribution in [3.05, 3.63) is 236 Å². The second kappa shape index (κ2) is 26.6. The van der Waals surface area contributed by atoms with Crippen LogP contribution in [0.3, 0.4) is 0 Å². The molecule has 9 heteroatoms. The third kappa shape index (κ3) is 14.9. The van der Waals surface area contributed by atoms with E-state index < -0.39 is 0 Å². The molecule has 0 aliphatic heterocycles. The maximum absolute atomic E-state index is 10.0. The molecule has 0 saturated heterocycles. The Bertz CT molecular complexity index is 2620. The normalized spacial score (nSPS) is 10.1. The van der Waals surface area contributed by atoms with Gasteiger partial charge in [0, 0.05) is 56.5 Å². The number of aliphatic hydroxyl groups is 1. The van der Waals surface area contributed by atoms with Crippen molar-refractivity contribution >= 4 is 38.4 Å². The Morgan fingerprint density at radius 1 is 0.500 bits per heavy atom. The molecule has 0 atom stereocenters. The molecule has 0 aliphatic carbocycles. The summed E-state index contributed by atoms with van der Waals surface area (Å²) in [7, 11) is 0. The van der Waals surface area contributed by atoms with E-state index in [0.29, 0.717) is 0 Å². The minimum absolute atomic E-state index is 0. The van der Waals surface area contributed by atoms with Gasteiger partial charge in [0.2, 0.25) is 0 Å². The minimum atomic E-state index is -0.125. The predicted molar refractivity (Wildman–Crippen MR) is 251 cm³/mol. The molecule has 0 bridgehead atoms. The summed E-state index contributed by atoms with van der Waals surface area (Å²) in [6.45, 7) is 4.82. The van der Waals surface area contributed by atoms with Gasteiger partial charge in [-0.1, -0.05) is 71.4 Å². The molecule has 1 N–H and O–H groups in total. The van der Waals surface area contributed by atoms with Crippen molar-refractivity contribution in [1.82, 2.24) is 24.9 Å². The van der Waals surface area contributed by atoms with Gasteiger partial charge in [0.05, 0.1) is 17.0 Å². The van der Waals surface area contributed by atoms with Crippen molar-refractivity contribution in [1.29, 1.82) is 0 Å². The van der Waals surface area contributed by atoms with E-state index in [0.717, 1.165) is 61.3 Å². The monoisotopic (exact) mass is 1190 g/mol. The first-order valence-electron chi connectivity index (χ1n) is 19.8. The third-order valence-corrected chi connectivity index (χ3v) is 8.82. The molecule has 10 rings (SSSR count). The molecule has 6 aromatic carbocycles. The molecule has 0 spiro atoms. The number of aromatic nitrogens is 5. The zero-order valence-corrected chi connectivity index (χ0v) is 40.1. The average Bonchev–Trinajstić information content (AvgIpc) is 3.34. The second-order valence-corrected chi connectivity index (χ2v) is 13.6. The molecule has 7 nitrogen and oxygen atoms in total. The number of pyridine rings is 3. The van der Waals surface area contributed by atoms with Gasteiger partial charge >= 0.3 is 20.1 Å². The SMILES string of the molecule is CC(=O)C=C(C)O.Cc1cnc2c3[c-]cccc3c3ccccc3c2n1.[Ir+3].[Ir].[c-]1ccccc1-c1ccccn1.[c-]1ccccc1-c1ccccn1.[c-]1ccccc1-c1ccccn1. The van der Waals surface area contributed by atoms with Gasteiger partial charge in [-0.3, -0.25) is 9.78 Å². The Kier molecular flexibility index (Phi) is 20.7. The van der Waals surface area contributed by atoms with Crippen molar-refractivity contribution in [2.45, 2.75) is 20.8 Å². The van der Waals surface area contributed by atoms with E-state index in [2.05, 4.69) is 73.5 Å². The van der Waals surface area contributed by atoms with Crippen molar-refractivity contribution in [3.63, 3.8) is 0 Å². The number of hydrogen-bond donors (Lipinski definition) is 1. The number of benzene rings is 6. The minimum Gasteiger partial charge on any atom is -0.512 e. The number of hydrogen-bond acceptors (Lipinski definition) is 7. The van der Waals surface area contributed by atoms with Gasteiger partial charge < -0.3 is 25.0 Å². The number of rotatable bonds is 4. The van der Waals surface area contributed by atoms with E-state index in [1.807, 2.05) is 159 Å². The quantitative estimate of drug-likeness (QED) is 0.0810. The summed E-state index contributed by atoms with van der Waals surface area (Å²) in [6.07, 6.45) is 8.35. The van der Waals surface area contributed by atoms with Crippen molar-refractivity contribution in [3.8, 4) is 33.8 Å². The number of nitrogens with zero attached hydrogens (tertiary/aromatic N) is 5. The number of ketones is 1. The van der Waals surface area contributed by atoms with Crippen LogP contribution in [0.15, 0.2) is 206 Å². The standard InChI is InChI=1S/C17H11N2.3C11H8N.C5H8O2.2Ir/c1-11-10-18-16-14-8-4-2-6-12(14)13-7-3-5-9-15(13)17(16)19-11;3*1-2-6-10(7-3-1)11-8-4-5-9-12-11;1-4(6)3-5(2)7;;/h2-7,9-10H,1H3;3*1-6,8-9H;3,6H,1-2H3;;/q4*-1;;;+3. The molecule has 0 unspecified atom stereocenters. The summed E-state index contributed by atoms with van der Waals surface area (Å²) < 4.78 is 0. The summed E-state index contributed by atoms with van der Waals surface area (Å²) in [5.41, 5.74) is 8.86. The number of aryl methyl sites for hydroxylation is 1. The zero-order valence-electron chi connectivity index (χ0n) is 35.3. The Labute approximate surface area is 401 Å².